The minimum Gasteiger partial charge on any atom is -0.443 e. The predicted molar refractivity (Wildman–Crippen MR) is 122 cm³/mol. The Balaban J connectivity index is 1.65. The molecule has 0 spiro atoms. The van der Waals surface area contributed by atoms with Crippen molar-refractivity contribution in [1.82, 2.24) is 14.8 Å². The van der Waals surface area contributed by atoms with Gasteiger partial charge in [0.15, 0.2) is 0 Å². The third-order valence-electron chi connectivity index (χ3n) is 6.51. The van der Waals surface area contributed by atoms with E-state index in [4.69, 9.17) is 4.74 Å². The Hall–Kier alpha value is -2.15. The minimum absolute atomic E-state index is 0.0432. The second-order valence-electron chi connectivity index (χ2n) is 10.0. The van der Waals surface area contributed by atoms with Crippen LogP contribution in [0.15, 0.2) is 24.4 Å². The Bertz CT molecular complexity index is 733. The zero-order valence-electron chi connectivity index (χ0n) is 19.7. The van der Waals surface area contributed by atoms with Gasteiger partial charge in [-0.1, -0.05) is 6.07 Å². The molecule has 2 saturated heterocycles. The van der Waals surface area contributed by atoms with Crippen LogP contribution < -0.4 is 4.90 Å². The summed E-state index contributed by atoms with van der Waals surface area (Å²) in [6, 6.07) is 4.66. The van der Waals surface area contributed by atoms with Crippen LogP contribution in [0.4, 0.5) is 10.6 Å². The van der Waals surface area contributed by atoms with Gasteiger partial charge in [0.05, 0.1) is 0 Å². The highest BCUT2D eigenvalue weighted by molar-refractivity contribution is 5.96. The molecule has 0 radical (unpaired) electrons. The number of hydrogen-bond donors (Lipinski definition) is 0. The summed E-state index contributed by atoms with van der Waals surface area (Å²) in [5.74, 6) is 1.86. The molecule has 7 nitrogen and oxygen atoms in total. The molecule has 2 aliphatic heterocycles. The van der Waals surface area contributed by atoms with Crippen LogP contribution in [-0.2, 0) is 9.53 Å². The fourth-order valence-electron chi connectivity index (χ4n) is 4.72. The summed E-state index contributed by atoms with van der Waals surface area (Å²) in [7, 11) is 2.19. The number of carbonyl (C=O) groups is 2. The van der Waals surface area contributed by atoms with Gasteiger partial charge in [-0.3, -0.25) is 4.79 Å². The highest BCUT2D eigenvalue weighted by atomic mass is 16.6. The molecular weight excluding hydrogens is 392 g/mol. The SMILES string of the molecule is C[C@H](C(=O)N1CCC(C2CCN(C)CC2)CC1)N(C(=O)OC(C)(C)C)c1ccccn1. The molecule has 3 rings (SSSR count). The van der Waals surface area contributed by atoms with Crippen molar-refractivity contribution in [2.75, 3.05) is 38.1 Å². The standard InChI is InChI=1S/C24H38N4O3/c1-18(28(21-8-6-7-13-25-21)23(30)31-24(2,3)4)22(29)27-16-11-20(12-17-27)19-9-14-26(5)15-10-19/h6-8,13,18-20H,9-12,14-17H2,1-5H3/t18-/m1/s1. The normalized spacial score (nSPS) is 20.4. The summed E-state index contributed by atoms with van der Waals surface area (Å²) >= 11 is 0. The van der Waals surface area contributed by atoms with Crippen molar-refractivity contribution in [1.29, 1.82) is 0 Å². The molecule has 0 N–H and O–H groups in total. The van der Waals surface area contributed by atoms with Gasteiger partial charge in [0.25, 0.3) is 0 Å². The highest BCUT2D eigenvalue weighted by Gasteiger charge is 2.36. The van der Waals surface area contributed by atoms with Gasteiger partial charge < -0.3 is 14.5 Å². The molecule has 1 atom stereocenters. The molecule has 0 unspecified atom stereocenters. The molecule has 1 aromatic heterocycles. The average Bonchev–Trinajstić information content (AvgIpc) is 2.73. The highest BCUT2D eigenvalue weighted by Crippen LogP contribution is 2.32. The lowest BCUT2D eigenvalue weighted by atomic mass is 9.79. The molecule has 0 aliphatic carbocycles. The number of nitrogens with zero attached hydrogens (tertiary/aromatic N) is 4. The first-order valence-corrected chi connectivity index (χ1v) is 11.6. The number of amides is 2. The number of piperidine rings is 2. The van der Waals surface area contributed by atoms with Gasteiger partial charge in [0.1, 0.15) is 17.5 Å². The molecule has 2 fully saturated rings. The first-order chi connectivity index (χ1) is 14.7. The fraction of sp³-hybridized carbons (Fsp3) is 0.708. The van der Waals surface area contributed by atoms with Crippen LogP contribution in [0.2, 0.25) is 0 Å². The van der Waals surface area contributed by atoms with Crippen molar-refractivity contribution in [2.24, 2.45) is 11.8 Å². The summed E-state index contributed by atoms with van der Waals surface area (Å²) in [6.45, 7) is 11.1. The Morgan fingerprint density at radius 2 is 1.65 bits per heavy atom. The number of ether oxygens (including phenoxy) is 1. The van der Waals surface area contributed by atoms with Crippen LogP contribution in [0, 0.1) is 11.8 Å². The second-order valence-corrected chi connectivity index (χ2v) is 10.0. The number of pyridine rings is 1. The third-order valence-corrected chi connectivity index (χ3v) is 6.51. The Labute approximate surface area is 186 Å². The minimum atomic E-state index is -0.676. The fourth-order valence-corrected chi connectivity index (χ4v) is 4.72. The Morgan fingerprint density at radius 1 is 1.06 bits per heavy atom. The monoisotopic (exact) mass is 430 g/mol. The average molecular weight is 431 g/mol. The molecule has 172 valence electrons. The molecule has 3 heterocycles. The lowest BCUT2D eigenvalue weighted by Gasteiger charge is -2.40. The molecule has 2 amide bonds. The molecule has 1 aromatic rings. The van der Waals surface area contributed by atoms with Gasteiger partial charge in [0.2, 0.25) is 5.91 Å². The van der Waals surface area contributed by atoms with Crippen molar-refractivity contribution >= 4 is 17.8 Å². The van der Waals surface area contributed by atoms with Crippen molar-refractivity contribution in [2.45, 2.75) is 65.0 Å². The van der Waals surface area contributed by atoms with Crippen molar-refractivity contribution < 1.29 is 14.3 Å². The van der Waals surface area contributed by atoms with E-state index in [2.05, 4.69) is 16.9 Å². The van der Waals surface area contributed by atoms with E-state index in [1.165, 1.54) is 30.8 Å². The molecule has 7 heteroatoms. The lowest BCUT2D eigenvalue weighted by molar-refractivity contribution is -0.134. The van der Waals surface area contributed by atoms with Crippen LogP contribution in [0.1, 0.15) is 53.4 Å². The Kier molecular flexibility index (Phi) is 7.57. The van der Waals surface area contributed by atoms with Gasteiger partial charge in [-0.15, -0.1) is 0 Å². The van der Waals surface area contributed by atoms with Crippen LogP contribution in [0.3, 0.4) is 0 Å². The number of likely N-dealkylation sites (tertiary alicyclic amines) is 2. The quantitative estimate of drug-likeness (QED) is 0.727. The summed E-state index contributed by atoms with van der Waals surface area (Å²) in [4.78, 5) is 36.3. The zero-order chi connectivity index (χ0) is 22.6. The van der Waals surface area contributed by atoms with Crippen LogP contribution in [0.25, 0.3) is 0 Å². The lowest BCUT2D eigenvalue weighted by Crippen LogP contribution is -2.53. The van der Waals surface area contributed by atoms with Crippen molar-refractivity contribution in [3.63, 3.8) is 0 Å². The summed E-state index contributed by atoms with van der Waals surface area (Å²) in [6.07, 6.45) is 5.69. The summed E-state index contributed by atoms with van der Waals surface area (Å²) in [5.41, 5.74) is -0.653. The van der Waals surface area contributed by atoms with E-state index in [1.807, 2.05) is 31.7 Å². The van der Waals surface area contributed by atoms with E-state index in [-0.39, 0.29) is 5.91 Å². The third kappa shape index (κ3) is 6.19. The van der Waals surface area contributed by atoms with Crippen LogP contribution >= 0.6 is 0 Å². The molecule has 0 aromatic carbocycles. The number of rotatable bonds is 4. The molecule has 2 aliphatic rings. The topological polar surface area (TPSA) is 66.0 Å². The van der Waals surface area contributed by atoms with Gasteiger partial charge >= 0.3 is 6.09 Å². The number of carbonyl (C=O) groups excluding carboxylic acids is 2. The largest absolute Gasteiger partial charge is 0.443 e. The first-order valence-electron chi connectivity index (χ1n) is 11.6. The maximum absolute atomic E-state index is 13.4. The van der Waals surface area contributed by atoms with Gasteiger partial charge in [-0.25, -0.2) is 14.7 Å². The second kappa shape index (κ2) is 9.98. The molecule has 0 saturated carbocycles. The Morgan fingerprint density at radius 3 is 2.16 bits per heavy atom. The van der Waals surface area contributed by atoms with Gasteiger partial charge in [0, 0.05) is 19.3 Å². The summed E-state index contributed by atoms with van der Waals surface area (Å²) in [5, 5.41) is 0. The zero-order valence-corrected chi connectivity index (χ0v) is 19.7. The van der Waals surface area contributed by atoms with E-state index < -0.39 is 17.7 Å². The number of aromatic nitrogens is 1. The molecule has 31 heavy (non-hydrogen) atoms. The van der Waals surface area contributed by atoms with Crippen LogP contribution in [-0.4, -0.2) is 71.7 Å². The summed E-state index contributed by atoms with van der Waals surface area (Å²) < 4.78 is 5.59. The maximum atomic E-state index is 13.4. The van der Waals surface area contributed by atoms with E-state index in [9.17, 15) is 9.59 Å². The molecule has 0 bridgehead atoms. The van der Waals surface area contributed by atoms with E-state index in [0.29, 0.717) is 11.7 Å². The predicted octanol–water partition coefficient (Wildman–Crippen LogP) is 3.79. The van der Waals surface area contributed by atoms with E-state index >= 15 is 0 Å². The maximum Gasteiger partial charge on any atom is 0.416 e. The van der Waals surface area contributed by atoms with Gasteiger partial charge in [-0.05, 0) is 97.5 Å². The van der Waals surface area contributed by atoms with Crippen molar-refractivity contribution in [3.8, 4) is 0 Å². The smallest absolute Gasteiger partial charge is 0.416 e. The van der Waals surface area contributed by atoms with E-state index in [0.717, 1.165) is 31.8 Å². The van der Waals surface area contributed by atoms with Crippen molar-refractivity contribution in [3.05, 3.63) is 24.4 Å². The van der Waals surface area contributed by atoms with Crippen LogP contribution in [0.5, 0.6) is 0 Å². The first kappa shape index (κ1) is 23.5. The number of hydrogen-bond acceptors (Lipinski definition) is 5. The van der Waals surface area contributed by atoms with Gasteiger partial charge in [-0.2, -0.15) is 0 Å². The van der Waals surface area contributed by atoms with E-state index in [1.54, 1.807) is 25.3 Å². The number of anilines is 1. The molecular formula is C24H38N4O3.